The Labute approximate surface area is 227 Å². The highest BCUT2D eigenvalue weighted by atomic mass is 35.5. The molecule has 1 amide bonds. The Morgan fingerprint density at radius 3 is 2.58 bits per heavy atom. The van der Waals surface area contributed by atoms with E-state index in [-0.39, 0.29) is 30.4 Å². The van der Waals surface area contributed by atoms with Gasteiger partial charge in [0.05, 0.1) is 38.4 Å². The molecule has 10 heteroatoms. The van der Waals surface area contributed by atoms with Crippen LogP contribution in [0.5, 0.6) is 5.75 Å². The molecule has 7 nitrogen and oxygen atoms in total. The van der Waals surface area contributed by atoms with Crippen LogP contribution in [0.15, 0.2) is 24.8 Å². The Morgan fingerprint density at radius 1 is 1.36 bits per heavy atom. The normalized spacial score (nSPS) is 25.9. The second kappa shape index (κ2) is 11.7. The Bertz CT molecular complexity index is 997. The summed E-state index contributed by atoms with van der Waals surface area (Å²) >= 11 is 12.8. The summed E-state index contributed by atoms with van der Waals surface area (Å²) in [5.41, 5.74) is 0.787. The zero-order valence-corrected chi connectivity index (χ0v) is 24.3. The maximum atomic E-state index is 13.3. The van der Waals surface area contributed by atoms with Crippen LogP contribution in [0.1, 0.15) is 59.6 Å². The predicted molar refractivity (Wildman–Crippen MR) is 145 cm³/mol. The van der Waals surface area contributed by atoms with Gasteiger partial charge in [-0.25, -0.2) is 8.93 Å². The van der Waals surface area contributed by atoms with Gasteiger partial charge in [-0.15, -0.1) is 0 Å². The van der Waals surface area contributed by atoms with E-state index in [9.17, 15) is 9.00 Å². The molecule has 5 atom stereocenters. The minimum Gasteiger partial charge on any atom is -0.489 e. The average Bonchev–Trinajstić information content (AvgIpc) is 3.16. The molecule has 0 aliphatic carbocycles. The number of likely N-dealkylation sites (tertiary alicyclic amines) is 1. The topological polar surface area (TPSA) is 77.1 Å². The number of carbonyl (C=O) groups is 1. The van der Waals surface area contributed by atoms with Gasteiger partial charge < -0.3 is 19.1 Å². The summed E-state index contributed by atoms with van der Waals surface area (Å²) in [6.07, 6.45) is 1.76. The van der Waals surface area contributed by atoms with Crippen molar-refractivity contribution in [3.8, 4) is 5.75 Å². The van der Waals surface area contributed by atoms with Crippen LogP contribution in [-0.2, 0) is 25.3 Å². The molecule has 2 aliphatic rings. The van der Waals surface area contributed by atoms with Crippen LogP contribution in [0.3, 0.4) is 0 Å². The lowest BCUT2D eigenvalue weighted by molar-refractivity contribution is -0.162. The molecular weight excluding hydrogens is 523 g/mol. The largest absolute Gasteiger partial charge is 0.489 e. The van der Waals surface area contributed by atoms with Crippen molar-refractivity contribution in [1.29, 1.82) is 0 Å². The highest BCUT2D eigenvalue weighted by Gasteiger charge is 2.42. The number of nitrogens with one attached hydrogen (secondary N) is 1. The van der Waals surface area contributed by atoms with Crippen LogP contribution in [0.4, 0.5) is 0 Å². The monoisotopic (exact) mass is 560 g/mol. The smallest absolute Gasteiger partial charge is 0.254 e. The van der Waals surface area contributed by atoms with E-state index < -0.39 is 27.6 Å². The van der Waals surface area contributed by atoms with Crippen molar-refractivity contribution in [3.63, 3.8) is 0 Å². The summed E-state index contributed by atoms with van der Waals surface area (Å²) in [5.74, 6) is -0.100. The van der Waals surface area contributed by atoms with Crippen molar-refractivity contribution < 1.29 is 23.2 Å². The van der Waals surface area contributed by atoms with Gasteiger partial charge in [-0.05, 0) is 58.9 Å². The van der Waals surface area contributed by atoms with E-state index in [0.717, 1.165) is 5.56 Å². The van der Waals surface area contributed by atoms with Crippen molar-refractivity contribution in [3.05, 3.63) is 40.4 Å². The molecule has 2 aliphatic heterocycles. The third-order valence-electron chi connectivity index (χ3n) is 6.53. The van der Waals surface area contributed by atoms with Gasteiger partial charge in [0, 0.05) is 24.7 Å². The van der Waals surface area contributed by atoms with Crippen molar-refractivity contribution >= 4 is 40.1 Å². The van der Waals surface area contributed by atoms with Gasteiger partial charge in [0.1, 0.15) is 12.4 Å². The maximum absolute atomic E-state index is 13.3. The van der Waals surface area contributed by atoms with Gasteiger partial charge in [0.2, 0.25) is 0 Å². The molecule has 1 aromatic rings. The molecular formula is C26H38Cl2N2O5S. The zero-order valence-electron chi connectivity index (χ0n) is 21.9. The minimum absolute atomic E-state index is 0.0564. The van der Waals surface area contributed by atoms with E-state index in [1.807, 2.05) is 39.5 Å². The molecule has 0 saturated carbocycles. The molecule has 0 radical (unpaired) electrons. The first-order valence-corrected chi connectivity index (χ1v) is 14.2. The number of amides is 1. The van der Waals surface area contributed by atoms with Crippen molar-refractivity contribution in [2.24, 2.45) is 11.8 Å². The number of halogens is 2. The fourth-order valence-electron chi connectivity index (χ4n) is 4.61. The molecule has 0 spiro atoms. The summed E-state index contributed by atoms with van der Waals surface area (Å²) in [4.78, 5) is 15.0. The molecule has 0 aromatic heterocycles. The molecule has 202 valence electrons. The second-order valence-corrected chi connectivity index (χ2v) is 13.7. The number of ether oxygens (including phenoxy) is 3. The van der Waals surface area contributed by atoms with Crippen LogP contribution in [-0.4, -0.2) is 58.0 Å². The summed E-state index contributed by atoms with van der Waals surface area (Å²) in [5, 5.41) is 0.776. The Hall–Kier alpha value is -1.16. The number of carbonyl (C=O) groups excluding carboxylic acids is 1. The van der Waals surface area contributed by atoms with Gasteiger partial charge >= 0.3 is 0 Å². The summed E-state index contributed by atoms with van der Waals surface area (Å²) in [7, 11) is -1.36. The van der Waals surface area contributed by atoms with Crippen LogP contribution in [0, 0.1) is 11.8 Å². The van der Waals surface area contributed by atoms with Crippen molar-refractivity contribution in [1.82, 2.24) is 9.62 Å². The number of rotatable bonds is 8. The standard InChI is InChI=1S/C26H38Cl2N2O5S/c1-8-11-33-21-13-20(28)19(27)12-18(21)23(29-36(32)25(3,4)5)17-9-10-30(14-16(17)2)24(31)22-15-34-26(6,7)35-22/h8,12-13,16-17,22-23,29H,1,9-11,14-15H2,2-7H3/t16-,17+,22-,23-,36+/m1/s1. The highest BCUT2D eigenvalue weighted by molar-refractivity contribution is 7.84. The average molecular weight is 562 g/mol. The Kier molecular flexibility index (Phi) is 9.56. The van der Waals surface area contributed by atoms with Crippen LogP contribution >= 0.6 is 23.2 Å². The maximum Gasteiger partial charge on any atom is 0.254 e. The Morgan fingerprint density at radius 2 is 2.03 bits per heavy atom. The zero-order chi connectivity index (χ0) is 26.8. The van der Waals surface area contributed by atoms with Crippen LogP contribution in [0.25, 0.3) is 0 Å². The number of hydrogen-bond donors (Lipinski definition) is 1. The summed E-state index contributed by atoms with van der Waals surface area (Å²) < 4.78 is 33.5. The first kappa shape index (κ1) is 29.4. The van der Waals surface area contributed by atoms with E-state index in [1.54, 1.807) is 18.2 Å². The predicted octanol–water partition coefficient (Wildman–Crippen LogP) is 5.29. The molecule has 3 rings (SSSR count). The fourth-order valence-corrected chi connectivity index (χ4v) is 5.82. The SMILES string of the molecule is C=CCOc1cc(Cl)c(Cl)cc1[C@H](N[S@@](=O)C(C)(C)C)[C@H]1CCN(C(=O)[C@H]2COC(C)(C)O2)C[C@H]1C. The molecule has 1 N–H and O–H groups in total. The number of benzene rings is 1. The molecule has 0 unspecified atom stereocenters. The van der Waals surface area contributed by atoms with E-state index in [0.29, 0.717) is 41.9 Å². The van der Waals surface area contributed by atoms with E-state index in [1.165, 1.54) is 0 Å². The quantitative estimate of drug-likeness (QED) is 0.437. The van der Waals surface area contributed by atoms with Crippen LogP contribution < -0.4 is 9.46 Å². The summed E-state index contributed by atoms with van der Waals surface area (Å²) in [6.45, 7) is 16.9. The third kappa shape index (κ3) is 7.03. The van der Waals surface area contributed by atoms with Crippen molar-refractivity contribution in [2.75, 3.05) is 26.3 Å². The fraction of sp³-hybridized carbons (Fsp3) is 0.654. The minimum atomic E-state index is -1.36. The highest BCUT2D eigenvalue weighted by Crippen LogP contribution is 2.42. The number of piperidine rings is 1. The van der Waals surface area contributed by atoms with E-state index >= 15 is 0 Å². The van der Waals surface area contributed by atoms with E-state index in [4.69, 9.17) is 37.4 Å². The van der Waals surface area contributed by atoms with Gasteiger partial charge in [-0.2, -0.15) is 0 Å². The van der Waals surface area contributed by atoms with Crippen molar-refractivity contribution in [2.45, 2.75) is 70.6 Å². The van der Waals surface area contributed by atoms with Crippen LogP contribution in [0.2, 0.25) is 10.0 Å². The molecule has 2 saturated heterocycles. The molecule has 36 heavy (non-hydrogen) atoms. The first-order valence-electron chi connectivity index (χ1n) is 12.2. The van der Waals surface area contributed by atoms with Gasteiger partial charge in [0.15, 0.2) is 11.9 Å². The third-order valence-corrected chi connectivity index (χ3v) is 8.83. The van der Waals surface area contributed by atoms with Gasteiger partial charge in [-0.1, -0.05) is 42.8 Å². The number of nitrogens with zero attached hydrogens (tertiary/aromatic N) is 1. The molecule has 0 bridgehead atoms. The summed E-state index contributed by atoms with van der Waals surface area (Å²) in [6, 6.07) is 3.15. The molecule has 1 aromatic carbocycles. The van der Waals surface area contributed by atoms with Gasteiger partial charge in [-0.3, -0.25) is 4.79 Å². The molecule has 2 heterocycles. The second-order valence-electron chi connectivity index (χ2n) is 10.9. The van der Waals surface area contributed by atoms with E-state index in [2.05, 4.69) is 18.2 Å². The lowest BCUT2D eigenvalue weighted by atomic mass is 9.78. The Balaban J connectivity index is 1.89. The lowest BCUT2D eigenvalue weighted by Crippen LogP contribution is -2.50. The number of hydrogen-bond acceptors (Lipinski definition) is 5. The van der Waals surface area contributed by atoms with Gasteiger partial charge in [0.25, 0.3) is 5.91 Å². The first-order chi connectivity index (χ1) is 16.7. The molecule has 2 fully saturated rings. The lowest BCUT2D eigenvalue weighted by Gasteiger charge is -2.42.